The zero-order valence-corrected chi connectivity index (χ0v) is 15.3. The normalized spacial score (nSPS) is 11.3. The molecule has 0 saturated heterocycles. The first kappa shape index (κ1) is 19.7. The van der Waals surface area contributed by atoms with Crippen molar-refractivity contribution in [2.24, 2.45) is 0 Å². The molecule has 0 fully saturated rings. The van der Waals surface area contributed by atoms with E-state index < -0.39 is 0 Å². The molecule has 2 heterocycles. The lowest BCUT2D eigenvalue weighted by Crippen LogP contribution is -2.02. The van der Waals surface area contributed by atoms with Gasteiger partial charge in [-0.05, 0) is 66.9 Å². The summed E-state index contributed by atoms with van der Waals surface area (Å²) in [5.41, 5.74) is 2.57. The second kappa shape index (κ2) is 12.2. The number of pyridine rings is 2. The van der Waals surface area contributed by atoms with Crippen LogP contribution in [0.3, 0.4) is 0 Å². The molecule has 1 N–H and O–H groups in total. The molecule has 0 spiro atoms. The second-order valence-corrected chi connectivity index (χ2v) is 7.00. The molecule has 0 radical (unpaired) electrons. The molecule has 2 aromatic rings. The standard InChI is InChI=1S/C9H13NOS.C9H11NS/c1-8(11)6-12-7-9-2-4-10-5-3-9;1-8(11)2-3-9-4-6-10-7-5-9/h2-5,8,11H,6-7H2,1H3;4-7H,2-3H2,1H3. The Balaban J connectivity index is 0.000000231. The Hall–Kier alpha value is -1.30. The van der Waals surface area contributed by atoms with Gasteiger partial charge in [-0.2, -0.15) is 11.8 Å². The molecule has 0 bridgehead atoms. The molecule has 0 amide bonds. The third kappa shape index (κ3) is 11.0. The lowest BCUT2D eigenvalue weighted by molar-refractivity contribution is 0.220. The molecule has 2 aromatic heterocycles. The summed E-state index contributed by atoms with van der Waals surface area (Å²) in [4.78, 5) is 8.94. The molecule has 0 aliphatic carbocycles. The maximum atomic E-state index is 9.00. The number of aryl methyl sites for hydroxylation is 1. The summed E-state index contributed by atoms with van der Waals surface area (Å²) >= 11 is 6.72. The minimum atomic E-state index is -0.211. The van der Waals surface area contributed by atoms with Crippen LogP contribution in [-0.4, -0.2) is 31.8 Å². The molecular weight excluding hydrogens is 324 g/mol. The number of aliphatic hydroxyl groups is 1. The van der Waals surface area contributed by atoms with Crippen molar-refractivity contribution in [3.05, 3.63) is 60.2 Å². The average Bonchev–Trinajstić information content (AvgIpc) is 2.55. The van der Waals surface area contributed by atoms with E-state index in [1.54, 1.807) is 31.1 Å². The summed E-state index contributed by atoms with van der Waals surface area (Å²) in [5, 5.41) is 9.00. The molecule has 23 heavy (non-hydrogen) atoms. The lowest BCUT2D eigenvalue weighted by Gasteiger charge is -2.03. The molecule has 2 rings (SSSR count). The van der Waals surface area contributed by atoms with Crippen LogP contribution in [0.2, 0.25) is 0 Å². The van der Waals surface area contributed by atoms with Gasteiger partial charge in [0.1, 0.15) is 0 Å². The number of rotatable bonds is 7. The van der Waals surface area contributed by atoms with Gasteiger partial charge in [0, 0.05) is 36.3 Å². The summed E-state index contributed by atoms with van der Waals surface area (Å²) in [5.74, 6) is 1.75. The fourth-order valence-corrected chi connectivity index (χ4v) is 2.69. The summed E-state index contributed by atoms with van der Waals surface area (Å²) < 4.78 is 0. The van der Waals surface area contributed by atoms with Crippen LogP contribution in [-0.2, 0) is 12.2 Å². The zero-order chi connectivity index (χ0) is 16.9. The SMILES string of the molecule is CC(=S)CCc1ccncc1.CC(O)CSCc1ccncc1. The highest BCUT2D eigenvalue weighted by Gasteiger charge is 1.96. The van der Waals surface area contributed by atoms with Crippen LogP contribution in [0, 0.1) is 0 Å². The number of hydrogen-bond acceptors (Lipinski definition) is 5. The number of thioether (sulfide) groups is 1. The van der Waals surface area contributed by atoms with Crippen LogP contribution in [0.25, 0.3) is 0 Å². The summed E-state index contributed by atoms with van der Waals surface area (Å²) in [6.07, 6.45) is 9.03. The van der Waals surface area contributed by atoms with Crippen molar-refractivity contribution >= 4 is 28.8 Å². The van der Waals surface area contributed by atoms with E-state index in [0.717, 1.165) is 29.2 Å². The van der Waals surface area contributed by atoms with E-state index in [1.807, 2.05) is 43.6 Å². The predicted octanol–water partition coefficient (Wildman–Crippen LogP) is 4.10. The number of aromatic nitrogens is 2. The summed E-state index contributed by atoms with van der Waals surface area (Å²) in [7, 11) is 0. The van der Waals surface area contributed by atoms with Gasteiger partial charge < -0.3 is 5.11 Å². The van der Waals surface area contributed by atoms with E-state index in [4.69, 9.17) is 17.3 Å². The molecule has 1 atom stereocenters. The van der Waals surface area contributed by atoms with Crippen molar-refractivity contribution in [2.45, 2.75) is 38.5 Å². The van der Waals surface area contributed by atoms with Crippen molar-refractivity contribution in [1.29, 1.82) is 0 Å². The molecule has 0 aliphatic heterocycles. The largest absolute Gasteiger partial charge is 0.393 e. The Morgan fingerprint density at radius 1 is 1.09 bits per heavy atom. The third-order valence-electron chi connectivity index (χ3n) is 2.89. The monoisotopic (exact) mass is 348 g/mol. The van der Waals surface area contributed by atoms with E-state index in [2.05, 4.69) is 9.97 Å². The minimum absolute atomic E-state index is 0.211. The molecule has 0 aliphatic rings. The lowest BCUT2D eigenvalue weighted by atomic mass is 10.1. The van der Waals surface area contributed by atoms with Crippen molar-refractivity contribution in [1.82, 2.24) is 9.97 Å². The van der Waals surface area contributed by atoms with Gasteiger partial charge in [-0.15, -0.1) is 0 Å². The number of hydrogen-bond donors (Lipinski definition) is 1. The third-order valence-corrected chi connectivity index (χ3v) is 4.35. The molecule has 1 unspecified atom stereocenters. The molecule has 3 nitrogen and oxygen atoms in total. The van der Waals surface area contributed by atoms with Gasteiger partial charge in [-0.3, -0.25) is 9.97 Å². The van der Waals surface area contributed by atoms with Gasteiger partial charge in [0.05, 0.1) is 6.10 Å². The summed E-state index contributed by atoms with van der Waals surface area (Å²) in [6, 6.07) is 8.04. The van der Waals surface area contributed by atoms with Gasteiger partial charge in [-0.1, -0.05) is 12.2 Å². The van der Waals surface area contributed by atoms with Crippen LogP contribution in [0.15, 0.2) is 49.1 Å². The van der Waals surface area contributed by atoms with Crippen LogP contribution >= 0.6 is 24.0 Å². The van der Waals surface area contributed by atoms with Crippen LogP contribution < -0.4 is 0 Å². The van der Waals surface area contributed by atoms with E-state index in [9.17, 15) is 0 Å². The first-order valence-electron chi connectivity index (χ1n) is 7.61. The molecule has 5 heteroatoms. The first-order valence-corrected chi connectivity index (χ1v) is 9.17. The van der Waals surface area contributed by atoms with Gasteiger partial charge in [0.2, 0.25) is 0 Å². The van der Waals surface area contributed by atoms with Crippen molar-refractivity contribution in [2.75, 3.05) is 5.75 Å². The van der Waals surface area contributed by atoms with Crippen LogP contribution in [0.4, 0.5) is 0 Å². The Morgan fingerprint density at radius 3 is 2.09 bits per heavy atom. The highest BCUT2D eigenvalue weighted by Crippen LogP contribution is 2.11. The molecular formula is C18H24N2OS2. The average molecular weight is 349 g/mol. The highest BCUT2D eigenvalue weighted by atomic mass is 32.2. The Bertz CT molecular complexity index is 547. The Kier molecular flexibility index (Phi) is 10.4. The fraction of sp³-hybridized carbons (Fsp3) is 0.389. The van der Waals surface area contributed by atoms with E-state index in [1.165, 1.54) is 11.1 Å². The summed E-state index contributed by atoms with van der Waals surface area (Å²) in [6.45, 7) is 3.79. The van der Waals surface area contributed by atoms with Crippen LogP contribution in [0.5, 0.6) is 0 Å². The van der Waals surface area contributed by atoms with Gasteiger partial charge >= 0.3 is 0 Å². The number of thiocarbonyl (C=S) groups is 1. The number of nitrogens with zero attached hydrogens (tertiary/aromatic N) is 2. The van der Waals surface area contributed by atoms with Gasteiger partial charge in [0.15, 0.2) is 0 Å². The van der Waals surface area contributed by atoms with E-state index in [-0.39, 0.29) is 6.10 Å². The predicted molar refractivity (Wildman–Crippen MR) is 103 cm³/mol. The topological polar surface area (TPSA) is 46.0 Å². The quantitative estimate of drug-likeness (QED) is 0.763. The van der Waals surface area contributed by atoms with Crippen LogP contribution in [0.1, 0.15) is 31.4 Å². The zero-order valence-electron chi connectivity index (χ0n) is 13.7. The van der Waals surface area contributed by atoms with Gasteiger partial charge in [0.25, 0.3) is 0 Å². The highest BCUT2D eigenvalue weighted by molar-refractivity contribution is 7.98. The van der Waals surface area contributed by atoms with Gasteiger partial charge in [-0.25, -0.2) is 0 Å². The fourth-order valence-electron chi connectivity index (χ4n) is 1.70. The van der Waals surface area contributed by atoms with E-state index >= 15 is 0 Å². The maximum absolute atomic E-state index is 9.00. The number of aliphatic hydroxyl groups excluding tert-OH is 1. The second-order valence-electron chi connectivity index (χ2n) is 5.28. The minimum Gasteiger partial charge on any atom is -0.393 e. The Morgan fingerprint density at radius 2 is 1.61 bits per heavy atom. The smallest absolute Gasteiger partial charge is 0.0602 e. The Labute approximate surface area is 148 Å². The van der Waals surface area contributed by atoms with Crippen molar-refractivity contribution in [3.8, 4) is 0 Å². The maximum Gasteiger partial charge on any atom is 0.0602 e. The first-order chi connectivity index (χ1) is 11.1. The van der Waals surface area contributed by atoms with E-state index in [0.29, 0.717) is 0 Å². The van der Waals surface area contributed by atoms with Crippen molar-refractivity contribution in [3.63, 3.8) is 0 Å². The molecule has 0 saturated carbocycles. The molecule has 0 aromatic carbocycles. The van der Waals surface area contributed by atoms with Crippen molar-refractivity contribution < 1.29 is 5.11 Å². The molecule has 124 valence electrons.